The van der Waals surface area contributed by atoms with Crippen molar-refractivity contribution in [2.75, 3.05) is 31.3 Å². The number of rotatable bonds is 10. The highest BCUT2D eigenvalue weighted by Gasteiger charge is 2.26. The number of ether oxygens (including phenoxy) is 1. The number of methoxy groups -OCH3 is 1. The highest BCUT2D eigenvalue weighted by atomic mass is 32.2. The summed E-state index contributed by atoms with van der Waals surface area (Å²) in [4.78, 5) is 26.5. The van der Waals surface area contributed by atoms with Gasteiger partial charge in [0.05, 0.1) is 17.9 Å². The van der Waals surface area contributed by atoms with Crippen molar-refractivity contribution in [2.45, 2.75) is 37.4 Å². The molecule has 29 heavy (non-hydrogen) atoms. The molecule has 0 aromatic carbocycles. The van der Waals surface area contributed by atoms with Gasteiger partial charge in [-0.1, -0.05) is 17.8 Å². The molecule has 1 aliphatic carbocycles. The number of thioether (sulfide) groups is 1. The van der Waals surface area contributed by atoms with Gasteiger partial charge in [0.2, 0.25) is 5.91 Å². The van der Waals surface area contributed by atoms with Crippen LogP contribution in [0.25, 0.3) is 0 Å². The molecule has 2 aromatic rings. The Morgan fingerprint density at radius 1 is 1.41 bits per heavy atom. The summed E-state index contributed by atoms with van der Waals surface area (Å²) in [6.07, 6.45) is 7.35. The number of aromatic nitrogens is 3. The van der Waals surface area contributed by atoms with E-state index in [1.54, 1.807) is 19.5 Å². The summed E-state index contributed by atoms with van der Waals surface area (Å²) < 4.78 is 6.83. The van der Waals surface area contributed by atoms with Crippen LogP contribution in [0.2, 0.25) is 0 Å². The quantitative estimate of drug-likeness (QED) is 0.338. The molecule has 0 aliphatic heterocycles. The van der Waals surface area contributed by atoms with Crippen LogP contribution in [0.4, 0.5) is 5.00 Å². The van der Waals surface area contributed by atoms with Gasteiger partial charge in [-0.15, -0.1) is 28.1 Å². The first kappa shape index (κ1) is 21.5. The molecule has 10 heteroatoms. The summed E-state index contributed by atoms with van der Waals surface area (Å²) in [5.41, 5.74) is 1.68. The number of hydrogen-bond acceptors (Lipinski definition) is 7. The maximum atomic E-state index is 12.8. The molecule has 0 saturated carbocycles. The Labute approximate surface area is 178 Å². The topological polar surface area (TPSA) is 98.1 Å². The van der Waals surface area contributed by atoms with Crippen molar-refractivity contribution in [3.05, 3.63) is 35.0 Å². The standard InChI is InChI=1S/C19H25N5O3S2/c1-3-9-24-12-21-23-19(24)28-11-15(25)22-18-16(17(26)20-8-10-27-2)13-6-4-5-7-14(13)29-18/h3,12H,1,4-11H2,2H3,(H,20,26)(H,22,25). The largest absolute Gasteiger partial charge is 0.383 e. The van der Waals surface area contributed by atoms with Gasteiger partial charge in [-0.05, 0) is 31.2 Å². The highest BCUT2D eigenvalue weighted by Crippen LogP contribution is 2.38. The van der Waals surface area contributed by atoms with E-state index < -0.39 is 0 Å². The number of amides is 2. The van der Waals surface area contributed by atoms with Gasteiger partial charge < -0.3 is 19.9 Å². The second-order valence-corrected chi connectivity index (χ2v) is 8.60. The van der Waals surface area contributed by atoms with Gasteiger partial charge in [0.25, 0.3) is 5.91 Å². The molecule has 8 nitrogen and oxygen atoms in total. The van der Waals surface area contributed by atoms with Crippen LogP contribution >= 0.6 is 23.1 Å². The maximum absolute atomic E-state index is 12.8. The summed E-state index contributed by atoms with van der Waals surface area (Å²) in [5, 5.41) is 15.0. The second kappa shape index (κ2) is 10.6. The second-order valence-electron chi connectivity index (χ2n) is 6.56. The van der Waals surface area contributed by atoms with Crippen molar-refractivity contribution in [3.63, 3.8) is 0 Å². The summed E-state index contributed by atoms with van der Waals surface area (Å²) in [7, 11) is 1.60. The fourth-order valence-corrected chi connectivity index (χ4v) is 5.19. The molecule has 0 spiro atoms. The molecular formula is C19H25N5O3S2. The third kappa shape index (κ3) is 5.46. The molecule has 2 amide bonds. The van der Waals surface area contributed by atoms with Gasteiger partial charge >= 0.3 is 0 Å². The maximum Gasteiger partial charge on any atom is 0.254 e. The molecule has 0 bridgehead atoms. The van der Waals surface area contributed by atoms with E-state index in [0.717, 1.165) is 31.2 Å². The Hall–Kier alpha value is -2.17. The lowest BCUT2D eigenvalue weighted by molar-refractivity contribution is -0.113. The molecule has 2 heterocycles. The van der Waals surface area contributed by atoms with Crippen molar-refractivity contribution >= 4 is 39.9 Å². The lowest BCUT2D eigenvalue weighted by Gasteiger charge is -2.13. The number of aryl methyl sites for hydroxylation is 1. The fourth-order valence-electron chi connectivity index (χ4n) is 3.16. The van der Waals surface area contributed by atoms with E-state index in [4.69, 9.17) is 4.74 Å². The predicted molar refractivity (Wildman–Crippen MR) is 115 cm³/mol. The third-order valence-corrected chi connectivity index (χ3v) is 6.67. The van der Waals surface area contributed by atoms with Gasteiger partial charge in [-0.2, -0.15) is 0 Å². The first-order valence-electron chi connectivity index (χ1n) is 9.47. The van der Waals surface area contributed by atoms with Gasteiger partial charge in [0, 0.05) is 25.1 Å². The SMILES string of the molecule is C=CCn1cnnc1SCC(=O)Nc1sc2c(c1C(=O)NCCOC)CCCC2. The van der Waals surface area contributed by atoms with Gasteiger partial charge in [-0.25, -0.2) is 0 Å². The molecule has 0 saturated heterocycles. The number of thiophene rings is 1. The Balaban J connectivity index is 1.69. The average molecular weight is 436 g/mol. The minimum Gasteiger partial charge on any atom is -0.383 e. The summed E-state index contributed by atoms with van der Waals surface area (Å²) in [6.45, 7) is 5.17. The van der Waals surface area contributed by atoms with Gasteiger partial charge in [-0.3, -0.25) is 9.59 Å². The number of hydrogen-bond donors (Lipinski definition) is 2. The van der Waals surface area contributed by atoms with E-state index in [0.29, 0.717) is 35.4 Å². The summed E-state index contributed by atoms with van der Waals surface area (Å²) >= 11 is 2.82. The first-order valence-corrected chi connectivity index (χ1v) is 11.3. The average Bonchev–Trinajstić information content (AvgIpc) is 3.30. The van der Waals surface area contributed by atoms with E-state index in [9.17, 15) is 9.59 Å². The van der Waals surface area contributed by atoms with Crippen LogP contribution < -0.4 is 10.6 Å². The van der Waals surface area contributed by atoms with Crippen molar-refractivity contribution in [3.8, 4) is 0 Å². The number of anilines is 1. The van der Waals surface area contributed by atoms with Crippen LogP contribution in [0.5, 0.6) is 0 Å². The molecule has 0 radical (unpaired) electrons. The van der Waals surface area contributed by atoms with E-state index in [2.05, 4.69) is 27.4 Å². The van der Waals surface area contributed by atoms with Crippen LogP contribution in [-0.2, 0) is 28.9 Å². The van der Waals surface area contributed by atoms with Crippen LogP contribution in [0, 0.1) is 0 Å². The summed E-state index contributed by atoms with van der Waals surface area (Å²) in [5.74, 6) is -0.147. The number of allylic oxidation sites excluding steroid dienone is 1. The van der Waals surface area contributed by atoms with E-state index in [1.165, 1.54) is 28.0 Å². The molecule has 1 aliphatic rings. The predicted octanol–water partition coefficient (Wildman–Crippen LogP) is 2.51. The zero-order chi connectivity index (χ0) is 20.6. The molecule has 0 unspecified atom stereocenters. The highest BCUT2D eigenvalue weighted by molar-refractivity contribution is 7.99. The molecule has 2 aromatic heterocycles. The van der Waals surface area contributed by atoms with Crippen molar-refractivity contribution < 1.29 is 14.3 Å². The Bertz CT molecular complexity index is 877. The normalized spacial score (nSPS) is 13.0. The van der Waals surface area contributed by atoms with Crippen molar-refractivity contribution in [1.82, 2.24) is 20.1 Å². The van der Waals surface area contributed by atoms with Crippen LogP contribution in [-0.4, -0.2) is 52.6 Å². The first-order chi connectivity index (χ1) is 14.1. The van der Waals surface area contributed by atoms with Crippen LogP contribution in [0.3, 0.4) is 0 Å². The summed E-state index contributed by atoms with van der Waals surface area (Å²) in [6, 6.07) is 0. The fraction of sp³-hybridized carbons (Fsp3) is 0.474. The zero-order valence-corrected chi connectivity index (χ0v) is 18.0. The van der Waals surface area contributed by atoms with E-state index in [-0.39, 0.29) is 17.6 Å². The van der Waals surface area contributed by atoms with Crippen molar-refractivity contribution in [1.29, 1.82) is 0 Å². The number of nitrogens with one attached hydrogen (secondary N) is 2. The minimum atomic E-state index is -0.173. The lowest BCUT2D eigenvalue weighted by atomic mass is 9.95. The van der Waals surface area contributed by atoms with Gasteiger partial charge in [0.1, 0.15) is 11.3 Å². The Kier molecular flexibility index (Phi) is 7.84. The molecule has 0 fully saturated rings. The Morgan fingerprint density at radius 2 is 2.24 bits per heavy atom. The van der Waals surface area contributed by atoms with Crippen LogP contribution in [0.15, 0.2) is 24.1 Å². The molecule has 156 valence electrons. The minimum absolute atomic E-state index is 0.157. The van der Waals surface area contributed by atoms with E-state index in [1.807, 2.05) is 4.57 Å². The molecule has 3 rings (SSSR count). The third-order valence-electron chi connectivity index (χ3n) is 4.48. The van der Waals surface area contributed by atoms with Crippen LogP contribution in [0.1, 0.15) is 33.6 Å². The number of carbonyl (C=O) groups excluding carboxylic acids is 2. The number of nitrogens with zero attached hydrogens (tertiary/aromatic N) is 3. The Morgan fingerprint density at radius 3 is 3.03 bits per heavy atom. The van der Waals surface area contributed by atoms with Gasteiger partial charge in [0.15, 0.2) is 5.16 Å². The van der Waals surface area contributed by atoms with E-state index >= 15 is 0 Å². The van der Waals surface area contributed by atoms with Crippen molar-refractivity contribution in [2.24, 2.45) is 0 Å². The number of carbonyl (C=O) groups is 2. The monoisotopic (exact) mass is 435 g/mol. The zero-order valence-electron chi connectivity index (χ0n) is 16.4. The molecule has 2 N–H and O–H groups in total. The molecule has 0 atom stereocenters. The smallest absolute Gasteiger partial charge is 0.254 e. The lowest BCUT2D eigenvalue weighted by Crippen LogP contribution is -2.29. The molecular weight excluding hydrogens is 410 g/mol. The number of fused-ring (bicyclic) bond motifs is 1.